The predicted octanol–water partition coefficient (Wildman–Crippen LogP) is 2.49. The van der Waals surface area contributed by atoms with Crippen molar-refractivity contribution >= 4 is 5.91 Å². The van der Waals surface area contributed by atoms with Crippen molar-refractivity contribution < 1.29 is 9.53 Å². The normalized spacial score (nSPS) is 11.0. The van der Waals surface area contributed by atoms with Crippen molar-refractivity contribution in [2.45, 2.75) is 13.3 Å². The summed E-state index contributed by atoms with van der Waals surface area (Å²) in [4.78, 5) is 11.4. The summed E-state index contributed by atoms with van der Waals surface area (Å²) in [7, 11) is 1.65. The number of methoxy groups -OCH3 is 1. The first kappa shape index (κ1) is 14.0. The lowest BCUT2D eigenvalue weighted by Crippen LogP contribution is -2.23. The molecule has 0 atom stereocenters. The van der Waals surface area contributed by atoms with Crippen molar-refractivity contribution in [2.24, 2.45) is 0 Å². The van der Waals surface area contributed by atoms with E-state index in [0.717, 1.165) is 17.7 Å². The molecule has 0 aromatic heterocycles. The molecule has 18 heavy (non-hydrogen) atoms. The molecule has 1 rings (SSSR count). The molecular formula is C15H19NO2. The molecule has 1 amide bonds. The summed E-state index contributed by atoms with van der Waals surface area (Å²) in [5, 5.41) is 2.83. The Labute approximate surface area is 108 Å². The molecule has 0 aliphatic rings. The second kappa shape index (κ2) is 8.12. The highest BCUT2D eigenvalue weighted by molar-refractivity contribution is 5.87. The van der Waals surface area contributed by atoms with Crippen molar-refractivity contribution in [2.75, 3.05) is 13.7 Å². The zero-order valence-electron chi connectivity index (χ0n) is 10.8. The Bertz CT molecular complexity index is 436. The summed E-state index contributed by atoms with van der Waals surface area (Å²) >= 11 is 0. The molecule has 3 nitrogen and oxygen atoms in total. The summed E-state index contributed by atoms with van der Waals surface area (Å²) in [5.74, 6) is 0.766. The van der Waals surface area contributed by atoms with Gasteiger partial charge in [0.15, 0.2) is 0 Å². The molecule has 0 spiro atoms. The van der Waals surface area contributed by atoms with E-state index in [2.05, 4.69) is 5.32 Å². The quantitative estimate of drug-likeness (QED) is 0.617. The summed E-state index contributed by atoms with van der Waals surface area (Å²) in [5.41, 5.74) is 1.15. The van der Waals surface area contributed by atoms with E-state index in [-0.39, 0.29) is 5.91 Å². The van der Waals surface area contributed by atoms with E-state index in [1.165, 1.54) is 6.08 Å². The van der Waals surface area contributed by atoms with Gasteiger partial charge in [0.25, 0.3) is 0 Å². The minimum absolute atomic E-state index is 0.0732. The zero-order chi connectivity index (χ0) is 13.2. The van der Waals surface area contributed by atoms with Gasteiger partial charge in [-0.2, -0.15) is 0 Å². The highest BCUT2D eigenvalue weighted by Crippen LogP contribution is 2.12. The molecule has 1 aromatic rings. The number of allylic oxidation sites excluding steroid dienone is 3. The molecule has 0 fully saturated rings. The highest BCUT2D eigenvalue weighted by Gasteiger charge is 1.97. The molecule has 0 bridgehead atoms. The van der Waals surface area contributed by atoms with Crippen molar-refractivity contribution in [1.82, 2.24) is 5.32 Å². The number of carbonyl (C=O) groups excluding carboxylic acids is 1. The van der Waals surface area contributed by atoms with Gasteiger partial charge in [-0.1, -0.05) is 30.4 Å². The lowest BCUT2D eigenvalue weighted by Gasteiger charge is -2.05. The van der Waals surface area contributed by atoms with Crippen LogP contribution in [0.25, 0.3) is 0 Å². The molecule has 0 unspecified atom stereocenters. The number of benzene rings is 1. The Morgan fingerprint density at radius 1 is 1.39 bits per heavy atom. The minimum atomic E-state index is -0.0732. The first-order chi connectivity index (χ1) is 8.76. The highest BCUT2D eigenvalue weighted by atomic mass is 16.5. The van der Waals surface area contributed by atoms with E-state index in [4.69, 9.17) is 4.74 Å². The number of hydrogen-bond acceptors (Lipinski definition) is 2. The maximum Gasteiger partial charge on any atom is 0.243 e. The average molecular weight is 245 g/mol. The molecular weight excluding hydrogens is 226 g/mol. The lowest BCUT2D eigenvalue weighted by molar-refractivity contribution is -0.116. The van der Waals surface area contributed by atoms with Gasteiger partial charge in [-0.3, -0.25) is 4.79 Å². The van der Waals surface area contributed by atoms with Crippen LogP contribution in [0.2, 0.25) is 0 Å². The Morgan fingerprint density at radius 3 is 2.94 bits per heavy atom. The van der Waals surface area contributed by atoms with E-state index < -0.39 is 0 Å². The second-order valence-corrected chi connectivity index (χ2v) is 3.78. The van der Waals surface area contributed by atoms with Crippen LogP contribution < -0.4 is 10.1 Å². The van der Waals surface area contributed by atoms with Gasteiger partial charge in [-0.25, -0.2) is 0 Å². The molecule has 0 saturated heterocycles. The maximum atomic E-state index is 11.4. The van der Waals surface area contributed by atoms with Crippen LogP contribution in [0.15, 0.2) is 48.6 Å². The molecule has 96 valence electrons. The van der Waals surface area contributed by atoms with E-state index >= 15 is 0 Å². The lowest BCUT2D eigenvalue weighted by atomic mass is 10.1. The number of nitrogens with one attached hydrogen (secondary N) is 1. The van der Waals surface area contributed by atoms with Gasteiger partial charge in [0, 0.05) is 12.6 Å². The Kier molecular flexibility index (Phi) is 6.33. The molecule has 0 heterocycles. The molecule has 1 aromatic carbocycles. The SMILES string of the molecule is C/C=C/C=C/C(=O)NCCc1cccc(OC)c1. The number of ether oxygens (including phenoxy) is 1. The van der Waals surface area contributed by atoms with Crippen LogP contribution in [0.1, 0.15) is 12.5 Å². The molecule has 0 saturated carbocycles. The first-order valence-electron chi connectivity index (χ1n) is 5.96. The number of amides is 1. The Hall–Kier alpha value is -2.03. The number of rotatable bonds is 6. The average Bonchev–Trinajstić information content (AvgIpc) is 2.39. The fourth-order valence-electron chi connectivity index (χ4n) is 1.47. The van der Waals surface area contributed by atoms with E-state index in [1.54, 1.807) is 13.2 Å². The largest absolute Gasteiger partial charge is 0.497 e. The minimum Gasteiger partial charge on any atom is -0.497 e. The van der Waals surface area contributed by atoms with Crippen LogP contribution >= 0.6 is 0 Å². The predicted molar refractivity (Wildman–Crippen MR) is 73.7 cm³/mol. The van der Waals surface area contributed by atoms with Gasteiger partial charge in [-0.15, -0.1) is 0 Å². The van der Waals surface area contributed by atoms with Crippen LogP contribution in [-0.4, -0.2) is 19.6 Å². The van der Waals surface area contributed by atoms with Gasteiger partial charge in [0.2, 0.25) is 5.91 Å². The Morgan fingerprint density at radius 2 is 2.22 bits per heavy atom. The van der Waals surface area contributed by atoms with Crippen molar-refractivity contribution in [3.05, 3.63) is 54.1 Å². The van der Waals surface area contributed by atoms with Crippen LogP contribution in [0.3, 0.4) is 0 Å². The van der Waals surface area contributed by atoms with Gasteiger partial charge in [-0.05, 0) is 31.0 Å². The van der Waals surface area contributed by atoms with Gasteiger partial charge >= 0.3 is 0 Å². The molecule has 0 aliphatic heterocycles. The number of hydrogen-bond donors (Lipinski definition) is 1. The standard InChI is InChI=1S/C15H19NO2/c1-3-4-5-9-15(17)16-11-10-13-7-6-8-14(12-13)18-2/h3-9,12H,10-11H2,1-2H3,(H,16,17)/b4-3+,9-5+. The van der Waals surface area contributed by atoms with Gasteiger partial charge in [0.05, 0.1) is 7.11 Å². The van der Waals surface area contributed by atoms with Gasteiger partial charge < -0.3 is 10.1 Å². The fourth-order valence-corrected chi connectivity index (χ4v) is 1.47. The summed E-state index contributed by atoms with van der Waals surface area (Å²) in [6.07, 6.45) is 7.73. The summed E-state index contributed by atoms with van der Waals surface area (Å²) in [6, 6.07) is 7.84. The van der Waals surface area contributed by atoms with Gasteiger partial charge in [0.1, 0.15) is 5.75 Å². The van der Waals surface area contributed by atoms with Crippen molar-refractivity contribution in [3.63, 3.8) is 0 Å². The van der Waals surface area contributed by atoms with Crippen molar-refractivity contribution in [3.8, 4) is 5.75 Å². The molecule has 1 N–H and O–H groups in total. The number of carbonyl (C=O) groups is 1. The monoisotopic (exact) mass is 245 g/mol. The third-order valence-electron chi connectivity index (χ3n) is 2.40. The van der Waals surface area contributed by atoms with Crippen LogP contribution in [0.4, 0.5) is 0 Å². The van der Waals surface area contributed by atoms with E-state index in [1.807, 2.05) is 43.3 Å². The fraction of sp³-hybridized carbons (Fsp3) is 0.267. The first-order valence-corrected chi connectivity index (χ1v) is 5.96. The Balaban J connectivity index is 2.34. The summed E-state index contributed by atoms with van der Waals surface area (Å²) in [6.45, 7) is 2.53. The second-order valence-electron chi connectivity index (χ2n) is 3.78. The van der Waals surface area contributed by atoms with Crippen LogP contribution in [-0.2, 0) is 11.2 Å². The van der Waals surface area contributed by atoms with Crippen LogP contribution in [0.5, 0.6) is 5.75 Å². The third kappa shape index (κ3) is 5.34. The zero-order valence-corrected chi connectivity index (χ0v) is 10.8. The third-order valence-corrected chi connectivity index (χ3v) is 2.40. The molecule has 0 aliphatic carbocycles. The molecule has 0 radical (unpaired) electrons. The van der Waals surface area contributed by atoms with E-state index in [0.29, 0.717) is 6.54 Å². The van der Waals surface area contributed by atoms with Crippen LogP contribution in [0, 0.1) is 0 Å². The van der Waals surface area contributed by atoms with Crippen molar-refractivity contribution in [1.29, 1.82) is 0 Å². The smallest absolute Gasteiger partial charge is 0.243 e. The topological polar surface area (TPSA) is 38.3 Å². The molecule has 3 heteroatoms. The van der Waals surface area contributed by atoms with E-state index in [9.17, 15) is 4.79 Å². The summed E-state index contributed by atoms with van der Waals surface area (Å²) < 4.78 is 5.14. The maximum absolute atomic E-state index is 11.4.